The van der Waals surface area contributed by atoms with Crippen molar-refractivity contribution in [3.63, 3.8) is 0 Å². The van der Waals surface area contributed by atoms with Crippen LogP contribution in [0.15, 0.2) is 49.2 Å². The summed E-state index contributed by atoms with van der Waals surface area (Å²) in [5, 5.41) is 0.686. The third kappa shape index (κ3) is 5.41. The number of piperazine rings is 1. The highest BCUT2D eigenvalue weighted by molar-refractivity contribution is 6.30. The summed E-state index contributed by atoms with van der Waals surface area (Å²) in [6.07, 6.45) is 1.56. The van der Waals surface area contributed by atoms with Gasteiger partial charge in [-0.05, 0) is 63.1 Å². The van der Waals surface area contributed by atoms with Crippen LogP contribution in [0.25, 0.3) is 5.57 Å². The van der Waals surface area contributed by atoms with Crippen LogP contribution < -0.4 is 0 Å². The van der Waals surface area contributed by atoms with Crippen LogP contribution in [0.1, 0.15) is 50.6 Å². The molecule has 6 heteroatoms. The second-order valence-corrected chi connectivity index (χ2v) is 9.11. The number of aromatic nitrogens is 1. The Bertz CT molecular complexity index is 900. The number of benzene rings is 1. The predicted octanol–water partition coefficient (Wildman–Crippen LogP) is 5.41. The third-order valence-corrected chi connectivity index (χ3v) is 5.30. The molecular weight excluding hydrogens is 398 g/mol. The molecule has 1 saturated heterocycles. The lowest BCUT2D eigenvalue weighted by Gasteiger charge is -2.40. The van der Waals surface area contributed by atoms with E-state index in [1.165, 1.54) is 0 Å². The Labute approximate surface area is 184 Å². The summed E-state index contributed by atoms with van der Waals surface area (Å²) in [4.78, 5) is 21.2. The van der Waals surface area contributed by atoms with E-state index in [4.69, 9.17) is 16.3 Å². The van der Waals surface area contributed by atoms with E-state index in [0.29, 0.717) is 18.1 Å². The van der Waals surface area contributed by atoms with Gasteiger partial charge in [-0.2, -0.15) is 0 Å². The van der Waals surface area contributed by atoms with Crippen molar-refractivity contribution in [2.24, 2.45) is 0 Å². The lowest BCUT2D eigenvalue weighted by atomic mass is 9.92. The Morgan fingerprint density at radius 1 is 1.17 bits per heavy atom. The molecule has 2 aromatic rings. The Hall–Kier alpha value is -2.37. The molecule has 1 aromatic carbocycles. The number of carbonyl (C=O) groups is 1. The van der Waals surface area contributed by atoms with Crippen molar-refractivity contribution in [2.45, 2.75) is 39.3 Å². The minimum Gasteiger partial charge on any atom is -0.444 e. The van der Waals surface area contributed by atoms with E-state index in [1.54, 1.807) is 4.90 Å². The normalized spacial score (nSPS) is 16.2. The number of rotatable bonds is 4. The van der Waals surface area contributed by atoms with Gasteiger partial charge in [0, 0.05) is 37.4 Å². The molecule has 0 radical (unpaired) electrons. The molecule has 160 valence electrons. The molecule has 1 unspecified atom stereocenters. The number of ether oxygens (including phenoxy) is 1. The standard InChI is InChI=1S/C24H30ClN3O2/c1-17(2)20-16-18(25)9-10-19(20)22(21-8-6-7-11-26-21)27-12-14-28(15-13-27)23(29)30-24(3,4)5/h6-11,16,22H,1,12-15H2,2-5H3. The fourth-order valence-electron chi connectivity index (χ4n) is 3.71. The SMILES string of the molecule is C=C(C)c1cc(Cl)ccc1C(c1ccccn1)N1CCN(C(=O)OC(C)(C)C)CC1. The Balaban J connectivity index is 1.88. The van der Waals surface area contributed by atoms with Gasteiger partial charge in [0.15, 0.2) is 0 Å². The van der Waals surface area contributed by atoms with Gasteiger partial charge in [-0.15, -0.1) is 0 Å². The molecule has 1 amide bonds. The Morgan fingerprint density at radius 3 is 2.43 bits per heavy atom. The monoisotopic (exact) mass is 427 g/mol. The molecule has 0 saturated carbocycles. The van der Waals surface area contributed by atoms with Crippen molar-refractivity contribution >= 4 is 23.3 Å². The predicted molar refractivity (Wildman–Crippen MR) is 122 cm³/mol. The van der Waals surface area contributed by atoms with E-state index in [2.05, 4.69) is 22.5 Å². The van der Waals surface area contributed by atoms with Crippen LogP contribution in [0.5, 0.6) is 0 Å². The largest absolute Gasteiger partial charge is 0.444 e. The van der Waals surface area contributed by atoms with Gasteiger partial charge in [-0.25, -0.2) is 4.79 Å². The van der Waals surface area contributed by atoms with Crippen LogP contribution in [0.3, 0.4) is 0 Å². The van der Waals surface area contributed by atoms with Gasteiger partial charge in [0.1, 0.15) is 5.60 Å². The van der Waals surface area contributed by atoms with E-state index in [0.717, 1.165) is 35.5 Å². The summed E-state index contributed by atoms with van der Waals surface area (Å²) in [6.45, 7) is 14.5. The molecule has 1 aliphatic heterocycles. The van der Waals surface area contributed by atoms with Crippen molar-refractivity contribution in [1.29, 1.82) is 0 Å². The number of allylic oxidation sites excluding steroid dienone is 1. The van der Waals surface area contributed by atoms with Gasteiger partial charge in [0.25, 0.3) is 0 Å². The summed E-state index contributed by atoms with van der Waals surface area (Å²) in [5.74, 6) is 0. The van der Waals surface area contributed by atoms with Crippen molar-refractivity contribution in [2.75, 3.05) is 26.2 Å². The van der Waals surface area contributed by atoms with Gasteiger partial charge < -0.3 is 9.64 Å². The summed E-state index contributed by atoms with van der Waals surface area (Å²) >= 11 is 6.28. The number of pyridine rings is 1. The number of nitrogens with zero attached hydrogens (tertiary/aromatic N) is 3. The topological polar surface area (TPSA) is 45.7 Å². The molecule has 1 aliphatic rings. The second-order valence-electron chi connectivity index (χ2n) is 8.67. The van der Waals surface area contributed by atoms with E-state index >= 15 is 0 Å². The first-order valence-electron chi connectivity index (χ1n) is 10.2. The number of hydrogen-bond donors (Lipinski definition) is 0. The third-order valence-electron chi connectivity index (χ3n) is 5.07. The second kappa shape index (κ2) is 9.19. The number of carbonyl (C=O) groups excluding carboxylic acids is 1. The zero-order valence-electron chi connectivity index (χ0n) is 18.2. The molecule has 3 rings (SSSR count). The van der Waals surface area contributed by atoms with E-state index in [1.807, 2.05) is 64.2 Å². The maximum Gasteiger partial charge on any atom is 0.410 e. The van der Waals surface area contributed by atoms with Crippen LogP contribution in [0.2, 0.25) is 5.02 Å². The van der Waals surface area contributed by atoms with Crippen LogP contribution >= 0.6 is 11.6 Å². The molecule has 0 spiro atoms. The fourth-order valence-corrected chi connectivity index (χ4v) is 3.88. The van der Waals surface area contributed by atoms with Crippen LogP contribution in [-0.2, 0) is 4.74 Å². The molecular formula is C24H30ClN3O2. The lowest BCUT2D eigenvalue weighted by Crippen LogP contribution is -2.51. The molecule has 0 bridgehead atoms. The first-order chi connectivity index (χ1) is 14.2. The maximum atomic E-state index is 12.5. The average molecular weight is 428 g/mol. The van der Waals surface area contributed by atoms with Crippen molar-refractivity contribution in [3.8, 4) is 0 Å². The highest BCUT2D eigenvalue weighted by Crippen LogP contribution is 2.34. The number of halogens is 1. The zero-order chi connectivity index (χ0) is 21.9. The van der Waals surface area contributed by atoms with Gasteiger partial charge >= 0.3 is 6.09 Å². The van der Waals surface area contributed by atoms with Gasteiger partial charge in [-0.1, -0.05) is 35.9 Å². The minimum absolute atomic E-state index is 0.0454. The molecule has 0 N–H and O–H groups in total. The first-order valence-corrected chi connectivity index (χ1v) is 10.6. The maximum absolute atomic E-state index is 12.5. The summed E-state index contributed by atoms with van der Waals surface area (Å²) in [7, 11) is 0. The summed E-state index contributed by atoms with van der Waals surface area (Å²) < 4.78 is 5.54. The molecule has 30 heavy (non-hydrogen) atoms. The number of amides is 1. The minimum atomic E-state index is -0.496. The molecule has 1 atom stereocenters. The smallest absolute Gasteiger partial charge is 0.410 e. The van der Waals surface area contributed by atoms with E-state index in [-0.39, 0.29) is 12.1 Å². The van der Waals surface area contributed by atoms with Gasteiger partial charge in [0.05, 0.1) is 11.7 Å². The Morgan fingerprint density at radius 2 is 1.87 bits per heavy atom. The van der Waals surface area contributed by atoms with Crippen molar-refractivity contribution in [1.82, 2.24) is 14.8 Å². The Kier molecular flexibility index (Phi) is 6.84. The van der Waals surface area contributed by atoms with Crippen LogP contribution in [0, 0.1) is 0 Å². The molecule has 0 aliphatic carbocycles. The molecule has 1 fully saturated rings. The van der Waals surface area contributed by atoms with Crippen LogP contribution in [-0.4, -0.2) is 52.7 Å². The quantitative estimate of drug-likeness (QED) is 0.654. The fraction of sp³-hybridized carbons (Fsp3) is 0.417. The van der Waals surface area contributed by atoms with E-state index < -0.39 is 5.60 Å². The van der Waals surface area contributed by atoms with E-state index in [9.17, 15) is 4.79 Å². The van der Waals surface area contributed by atoms with Gasteiger partial charge in [0.2, 0.25) is 0 Å². The highest BCUT2D eigenvalue weighted by atomic mass is 35.5. The lowest BCUT2D eigenvalue weighted by molar-refractivity contribution is 0.0118. The van der Waals surface area contributed by atoms with Crippen LogP contribution in [0.4, 0.5) is 4.79 Å². The molecule has 5 nitrogen and oxygen atoms in total. The first kappa shape index (κ1) is 22.3. The molecule has 1 aromatic heterocycles. The summed E-state index contributed by atoms with van der Waals surface area (Å²) in [6, 6.07) is 11.9. The van der Waals surface area contributed by atoms with Crippen molar-refractivity contribution in [3.05, 3.63) is 71.0 Å². The zero-order valence-corrected chi connectivity index (χ0v) is 18.9. The number of hydrogen-bond acceptors (Lipinski definition) is 4. The van der Waals surface area contributed by atoms with Crippen molar-refractivity contribution < 1.29 is 9.53 Å². The molecule has 2 heterocycles. The highest BCUT2D eigenvalue weighted by Gasteiger charge is 2.32. The average Bonchev–Trinajstić information content (AvgIpc) is 2.69. The van der Waals surface area contributed by atoms with Gasteiger partial charge in [-0.3, -0.25) is 9.88 Å². The summed E-state index contributed by atoms with van der Waals surface area (Å²) in [5.41, 5.74) is 3.59.